The van der Waals surface area contributed by atoms with E-state index in [1.165, 1.54) is 6.07 Å². The number of aromatic amines is 2. The monoisotopic (exact) mass is 346 g/mol. The van der Waals surface area contributed by atoms with Crippen LogP contribution in [-0.4, -0.2) is 26.9 Å². The van der Waals surface area contributed by atoms with Crippen molar-refractivity contribution in [3.05, 3.63) is 41.2 Å². The van der Waals surface area contributed by atoms with Crippen molar-refractivity contribution >= 4 is 28.5 Å². The highest BCUT2D eigenvalue weighted by Gasteiger charge is 2.19. The third-order valence-corrected chi connectivity index (χ3v) is 3.42. The number of ether oxygens (including phenoxy) is 1. The minimum atomic E-state index is -0.907. The Balaban J connectivity index is 1.78. The molecule has 5 N–H and O–H groups in total. The van der Waals surface area contributed by atoms with Crippen LogP contribution in [0.1, 0.15) is 17.8 Å². The van der Waals surface area contributed by atoms with Crippen molar-refractivity contribution < 1.29 is 13.5 Å². The second-order valence-corrected chi connectivity index (χ2v) is 5.63. The molecule has 0 spiro atoms. The molecular formula is C16H16F2N6O. The first-order valence-electron chi connectivity index (χ1n) is 7.41. The summed E-state index contributed by atoms with van der Waals surface area (Å²) in [6.07, 6.45) is -0.213. The third-order valence-electron chi connectivity index (χ3n) is 3.42. The first-order valence-corrected chi connectivity index (χ1v) is 7.41. The average Bonchev–Trinajstić information content (AvgIpc) is 3.08. The Kier molecular flexibility index (Phi) is 4.22. The highest BCUT2D eigenvalue weighted by Crippen LogP contribution is 2.30. The van der Waals surface area contributed by atoms with Crippen LogP contribution in [0.15, 0.2) is 23.2 Å². The van der Waals surface area contributed by atoms with Crippen molar-refractivity contribution in [2.45, 2.75) is 20.3 Å². The molecule has 0 atom stereocenters. The van der Waals surface area contributed by atoms with Gasteiger partial charge in [-0.25, -0.2) is 13.8 Å². The zero-order chi connectivity index (χ0) is 18.1. The number of hydrogen-bond acceptors (Lipinski definition) is 4. The number of nitrogens with two attached hydrogens (primary N) is 1. The van der Waals surface area contributed by atoms with Crippen molar-refractivity contribution in [2.75, 3.05) is 0 Å². The molecule has 0 fully saturated rings. The quantitative estimate of drug-likeness (QED) is 0.429. The van der Waals surface area contributed by atoms with Crippen LogP contribution in [0.2, 0.25) is 0 Å². The Morgan fingerprint density at radius 2 is 2.04 bits per heavy atom. The molecule has 0 saturated carbocycles. The van der Waals surface area contributed by atoms with Crippen LogP contribution in [0.3, 0.4) is 0 Å². The molecule has 7 nitrogen and oxygen atoms in total. The summed E-state index contributed by atoms with van der Waals surface area (Å²) in [5, 5.41) is 14.6. The minimum Gasteiger partial charge on any atom is -0.437 e. The Bertz CT molecular complexity index is 988. The number of fused-ring (bicyclic) bond motifs is 1. The summed E-state index contributed by atoms with van der Waals surface area (Å²) in [5.41, 5.74) is 7.53. The van der Waals surface area contributed by atoms with Crippen LogP contribution in [0.25, 0.3) is 10.9 Å². The molecule has 0 amide bonds. The molecule has 3 aromatic rings. The van der Waals surface area contributed by atoms with E-state index in [0.717, 1.165) is 11.8 Å². The molecule has 1 aromatic carbocycles. The zero-order valence-corrected chi connectivity index (χ0v) is 13.6. The van der Waals surface area contributed by atoms with Crippen molar-refractivity contribution in [2.24, 2.45) is 10.7 Å². The van der Waals surface area contributed by atoms with Crippen LogP contribution >= 0.6 is 0 Å². The zero-order valence-electron chi connectivity index (χ0n) is 13.6. The summed E-state index contributed by atoms with van der Waals surface area (Å²) in [6.45, 7) is 3.53. The lowest BCUT2D eigenvalue weighted by Gasteiger charge is -2.09. The number of rotatable bonds is 4. The van der Waals surface area contributed by atoms with Crippen LogP contribution in [0.4, 0.5) is 14.6 Å². The smallest absolute Gasteiger partial charge is 0.201 e. The maximum absolute atomic E-state index is 14.4. The number of H-pyrrole nitrogens is 2. The van der Waals surface area contributed by atoms with Gasteiger partial charge in [-0.05, 0) is 19.9 Å². The van der Waals surface area contributed by atoms with Gasteiger partial charge in [0.15, 0.2) is 23.4 Å². The standard InChI is InChI=1S/C16H16F2N6O/c1-7-3-9-11(21-7)5-10(17)16(15(9)18)25-13(20)6-12(19)22-14-4-8(2)23-24-14/h3-5,20-21H,6H2,1-2H3,(H3,19,22,23,24). The van der Waals surface area contributed by atoms with Gasteiger partial charge in [0.05, 0.1) is 11.9 Å². The Morgan fingerprint density at radius 3 is 2.72 bits per heavy atom. The minimum absolute atomic E-state index is 0.0379. The van der Waals surface area contributed by atoms with Crippen LogP contribution in [0, 0.1) is 30.9 Å². The molecule has 0 bridgehead atoms. The molecule has 0 aliphatic carbocycles. The summed E-state index contributed by atoms with van der Waals surface area (Å²) in [4.78, 5) is 6.84. The summed E-state index contributed by atoms with van der Waals surface area (Å²) in [5.74, 6) is -2.46. The number of amidine groups is 1. The largest absolute Gasteiger partial charge is 0.437 e. The summed E-state index contributed by atoms with van der Waals surface area (Å²) in [7, 11) is 0. The van der Waals surface area contributed by atoms with E-state index >= 15 is 0 Å². The normalized spacial score (nSPS) is 11.9. The summed E-state index contributed by atoms with van der Waals surface area (Å²) in [6, 6.07) is 4.33. The van der Waals surface area contributed by atoms with Crippen molar-refractivity contribution in [3.63, 3.8) is 0 Å². The molecule has 9 heteroatoms. The third kappa shape index (κ3) is 3.49. The van der Waals surface area contributed by atoms with E-state index in [4.69, 9.17) is 15.9 Å². The van der Waals surface area contributed by atoms with E-state index in [1.807, 2.05) is 0 Å². The molecular weight excluding hydrogens is 330 g/mol. The molecule has 0 aliphatic heterocycles. The molecule has 0 unspecified atom stereocenters. The number of aliphatic imine (C=N–C) groups is 1. The van der Waals surface area contributed by atoms with Crippen molar-refractivity contribution in [3.8, 4) is 5.75 Å². The first kappa shape index (κ1) is 16.6. The van der Waals surface area contributed by atoms with Gasteiger partial charge in [-0.15, -0.1) is 0 Å². The maximum atomic E-state index is 14.4. The fourth-order valence-corrected chi connectivity index (χ4v) is 2.39. The van der Waals surface area contributed by atoms with Gasteiger partial charge in [0.1, 0.15) is 5.84 Å². The van der Waals surface area contributed by atoms with Crippen molar-refractivity contribution in [1.82, 2.24) is 15.2 Å². The SMILES string of the molecule is Cc1cc(N=C(N)CC(=N)Oc2c(F)cc3[nH]c(C)cc3c2F)n[nH]1. The number of benzene rings is 1. The van der Waals surface area contributed by atoms with Gasteiger partial charge < -0.3 is 15.5 Å². The number of nitrogens with zero attached hydrogens (tertiary/aromatic N) is 2. The van der Waals surface area contributed by atoms with E-state index in [1.54, 1.807) is 19.9 Å². The van der Waals surface area contributed by atoms with Crippen molar-refractivity contribution in [1.29, 1.82) is 5.41 Å². The number of nitrogens with one attached hydrogen (secondary N) is 3. The van der Waals surface area contributed by atoms with Gasteiger partial charge in [-0.1, -0.05) is 0 Å². The topological polar surface area (TPSA) is 116 Å². The Hall–Kier alpha value is -3.23. The van der Waals surface area contributed by atoms with E-state index in [9.17, 15) is 8.78 Å². The maximum Gasteiger partial charge on any atom is 0.201 e. The Morgan fingerprint density at radius 1 is 1.28 bits per heavy atom. The number of hydrogen-bond donors (Lipinski definition) is 4. The molecule has 2 aromatic heterocycles. The molecule has 0 saturated heterocycles. The number of halogens is 2. The Labute approximate surface area is 141 Å². The molecule has 25 heavy (non-hydrogen) atoms. The first-order chi connectivity index (χ1) is 11.8. The van der Waals surface area contributed by atoms with Crippen LogP contribution in [0.5, 0.6) is 5.75 Å². The summed E-state index contributed by atoms with van der Waals surface area (Å²) >= 11 is 0. The molecule has 2 heterocycles. The molecule has 3 rings (SSSR count). The second kappa shape index (κ2) is 6.34. The number of aromatic nitrogens is 3. The average molecular weight is 346 g/mol. The van der Waals surface area contributed by atoms with Gasteiger partial charge in [0.2, 0.25) is 5.75 Å². The van der Waals surface area contributed by atoms with Crippen LogP contribution < -0.4 is 10.5 Å². The summed E-state index contributed by atoms with van der Waals surface area (Å²) < 4.78 is 33.6. The second-order valence-electron chi connectivity index (χ2n) is 5.63. The lowest BCUT2D eigenvalue weighted by molar-refractivity contribution is 0.445. The van der Waals surface area contributed by atoms with Crippen LogP contribution in [-0.2, 0) is 0 Å². The van der Waals surface area contributed by atoms with E-state index < -0.39 is 23.3 Å². The predicted octanol–water partition coefficient (Wildman–Crippen LogP) is 3.22. The fraction of sp³-hybridized carbons (Fsp3) is 0.188. The van der Waals surface area contributed by atoms with Gasteiger partial charge in [0, 0.05) is 28.9 Å². The lowest BCUT2D eigenvalue weighted by atomic mass is 10.2. The van der Waals surface area contributed by atoms with Gasteiger partial charge in [-0.2, -0.15) is 5.10 Å². The highest BCUT2D eigenvalue weighted by molar-refractivity contribution is 5.99. The highest BCUT2D eigenvalue weighted by atomic mass is 19.1. The molecule has 0 radical (unpaired) electrons. The predicted molar refractivity (Wildman–Crippen MR) is 90.5 cm³/mol. The van der Waals surface area contributed by atoms with Gasteiger partial charge >= 0.3 is 0 Å². The molecule has 130 valence electrons. The van der Waals surface area contributed by atoms with E-state index in [2.05, 4.69) is 20.2 Å². The van der Waals surface area contributed by atoms with E-state index in [0.29, 0.717) is 17.0 Å². The molecule has 0 aliphatic rings. The fourth-order valence-electron chi connectivity index (χ4n) is 2.39. The van der Waals surface area contributed by atoms with E-state index in [-0.39, 0.29) is 17.6 Å². The van der Waals surface area contributed by atoms with Gasteiger partial charge in [-0.3, -0.25) is 10.5 Å². The lowest BCUT2D eigenvalue weighted by Crippen LogP contribution is -2.20. The number of aryl methyl sites for hydroxylation is 2. The van der Waals surface area contributed by atoms with Gasteiger partial charge in [0.25, 0.3) is 0 Å².